The summed E-state index contributed by atoms with van der Waals surface area (Å²) in [6.45, 7) is 2.05. The van der Waals surface area contributed by atoms with Gasteiger partial charge in [0.2, 0.25) is 0 Å². The predicted molar refractivity (Wildman–Crippen MR) is 84.6 cm³/mol. The number of ether oxygens (including phenoxy) is 1. The van der Waals surface area contributed by atoms with E-state index in [1.807, 2.05) is 49.6 Å². The molecule has 20 heavy (non-hydrogen) atoms. The smallest absolute Gasteiger partial charge is 0.122 e. The molecule has 2 rings (SSSR count). The van der Waals surface area contributed by atoms with Crippen molar-refractivity contribution in [3.8, 4) is 5.75 Å². The van der Waals surface area contributed by atoms with Crippen molar-refractivity contribution in [3.05, 3.63) is 59.2 Å². The average molecular weight is 288 g/mol. The summed E-state index contributed by atoms with van der Waals surface area (Å²) >= 11 is 1.66. The number of hydrogen-bond acceptors (Lipinski definition) is 3. The van der Waals surface area contributed by atoms with Gasteiger partial charge in [0.25, 0.3) is 0 Å². The van der Waals surface area contributed by atoms with Gasteiger partial charge in [-0.1, -0.05) is 35.9 Å². The monoisotopic (exact) mass is 288 g/mol. The minimum atomic E-state index is -0.519. The maximum absolute atomic E-state index is 10.5. The largest absolute Gasteiger partial charge is 0.496 e. The number of aliphatic hydroxyl groups is 1. The standard InChI is InChI=1S/C17H20O2S/c1-12-8-9-16(19-2)13(10-12)11-15(18)14-6-4-5-7-17(14)20-3/h4-10,15,18H,11H2,1-3H3. The number of hydrogen-bond donors (Lipinski definition) is 1. The third kappa shape index (κ3) is 3.35. The Balaban J connectivity index is 2.27. The lowest BCUT2D eigenvalue weighted by Gasteiger charge is -2.16. The highest BCUT2D eigenvalue weighted by molar-refractivity contribution is 7.98. The molecular formula is C17H20O2S. The van der Waals surface area contributed by atoms with Crippen LogP contribution in [0.3, 0.4) is 0 Å². The van der Waals surface area contributed by atoms with Crippen LogP contribution in [0.15, 0.2) is 47.4 Å². The van der Waals surface area contributed by atoms with Crippen molar-refractivity contribution < 1.29 is 9.84 Å². The maximum Gasteiger partial charge on any atom is 0.122 e. The molecule has 0 aliphatic carbocycles. The van der Waals surface area contributed by atoms with E-state index in [2.05, 4.69) is 6.07 Å². The minimum Gasteiger partial charge on any atom is -0.496 e. The lowest BCUT2D eigenvalue weighted by Crippen LogP contribution is -2.05. The first kappa shape index (κ1) is 14.9. The number of thioether (sulfide) groups is 1. The molecule has 2 aromatic rings. The fourth-order valence-electron chi connectivity index (χ4n) is 2.33. The van der Waals surface area contributed by atoms with E-state index in [1.54, 1.807) is 18.9 Å². The SMILES string of the molecule is COc1ccc(C)cc1CC(O)c1ccccc1SC. The van der Waals surface area contributed by atoms with Gasteiger partial charge in [-0.05, 0) is 36.4 Å². The second-order valence-electron chi connectivity index (χ2n) is 4.78. The number of aryl methyl sites for hydroxylation is 1. The van der Waals surface area contributed by atoms with Crippen LogP contribution >= 0.6 is 11.8 Å². The molecule has 0 spiro atoms. The summed E-state index contributed by atoms with van der Waals surface area (Å²) in [6.07, 6.45) is 2.07. The molecular weight excluding hydrogens is 268 g/mol. The third-order valence-electron chi connectivity index (χ3n) is 3.35. The number of methoxy groups -OCH3 is 1. The summed E-state index contributed by atoms with van der Waals surface area (Å²) in [6, 6.07) is 14.0. The van der Waals surface area contributed by atoms with Crippen LogP contribution in [0.2, 0.25) is 0 Å². The number of aliphatic hydroxyl groups excluding tert-OH is 1. The van der Waals surface area contributed by atoms with Crippen LogP contribution in [-0.2, 0) is 6.42 Å². The fourth-order valence-corrected chi connectivity index (χ4v) is 2.98. The van der Waals surface area contributed by atoms with E-state index in [0.717, 1.165) is 21.8 Å². The Morgan fingerprint density at radius 2 is 1.95 bits per heavy atom. The second-order valence-corrected chi connectivity index (χ2v) is 5.63. The third-order valence-corrected chi connectivity index (χ3v) is 4.16. The highest BCUT2D eigenvalue weighted by atomic mass is 32.2. The van der Waals surface area contributed by atoms with Gasteiger partial charge in [-0.15, -0.1) is 11.8 Å². The van der Waals surface area contributed by atoms with Crippen molar-refractivity contribution in [2.75, 3.05) is 13.4 Å². The zero-order valence-corrected chi connectivity index (χ0v) is 12.9. The van der Waals surface area contributed by atoms with Crippen molar-refractivity contribution in [2.24, 2.45) is 0 Å². The Hall–Kier alpha value is -1.45. The Bertz CT molecular complexity index is 581. The minimum absolute atomic E-state index is 0.519. The van der Waals surface area contributed by atoms with E-state index < -0.39 is 6.10 Å². The molecule has 3 heteroatoms. The maximum atomic E-state index is 10.5. The van der Waals surface area contributed by atoms with E-state index in [0.29, 0.717) is 6.42 Å². The molecule has 0 fully saturated rings. The molecule has 1 N–H and O–H groups in total. The lowest BCUT2D eigenvalue weighted by molar-refractivity contribution is 0.174. The van der Waals surface area contributed by atoms with Crippen molar-refractivity contribution in [1.82, 2.24) is 0 Å². The van der Waals surface area contributed by atoms with Gasteiger partial charge in [0, 0.05) is 11.3 Å². The molecule has 0 saturated heterocycles. The Labute approximate surface area is 124 Å². The highest BCUT2D eigenvalue weighted by Gasteiger charge is 2.15. The summed E-state index contributed by atoms with van der Waals surface area (Å²) in [5.41, 5.74) is 3.19. The topological polar surface area (TPSA) is 29.5 Å². The predicted octanol–water partition coefficient (Wildman–Crippen LogP) is 4.00. The Morgan fingerprint density at radius 1 is 1.20 bits per heavy atom. The van der Waals surface area contributed by atoms with E-state index >= 15 is 0 Å². The van der Waals surface area contributed by atoms with Crippen molar-refractivity contribution in [1.29, 1.82) is 0 Å². The molecule has 2 aromatic carbocycles. The van der Waals surface area contributed by atoms with Crippen LogP contribution in [0.4, 0.5) is 0 Å². The molecule has 0 amide bonds. The molecule has 0 aliphatic heterocycles. The highest BCUT2D eigenvalue weighted by Crippen LogP contribution is 2.30. The van der Waals surface area contributed by atoms with Gasteiger partial charge in [0.15, 0.2) is 0 Å². The van der Waals surface area contributed by atoms with E-state index in [4.69, 9.17) is 4.74 Å². The van der Waals surface area contributed by atoms with Crippen molar-refractivity contribution >= 4 is 11.8 Å². The van der Waals surface area contributed by atoms with Gasteiger partial charge in [-0.2, -0.15) is 0 Å². The Kier molecular flexibility index (Phi) is 5.10. The summed E-state index contributed by atoms with van der Waals surface area (Å²) in [5.74, 6) is 0.830. The molecule has 0 aromatic heterocycles. The van der Waals surface area contributed by atoms with Crippen molar-refractivity contribution in [3.63, 3.8) is 0 Å². The molecule has 0 bridgehead atoms. The van der Waals surface area contributed by atoms with E-state index in [-0.39, 0.29) is 0 Å². The van der Waals surface area contributed by atoms with E-state index in [9.17, 15) is 5.11 Å². The van der Waals surface area contributed by atoms with E-state index in [1.165, 1.54) is 5.56 Å². The van der Waals surface area contributed by atoms with Crippen LogP contribution in [-0.4, -0.2) is 18.5 Å². The zero-order chi connectivity index (χ0) is 14.5. The fraction of sp³-hybridized carbons (Fsp3) is 0.294. The van der Waals surface area contributed by atoms with Gasteiger partial charge in [0.05, 0.1) is 13.2 Å². The summed E-state index contributed by atoms with van der Waals surface area (Å²) in [5, 5.41) is 10.5. The molecule has 1 atom stereocenters. The second kappa shape index (κ2) is 6.82. The first-order chi connectivity index (χ1) is 9.65. The first-order valence-corrected chi connectivity index (χ1v) is 7.82. The molecule has 1 unspecified atom stereocenters. The molecule has 2 nitrogen and oxygen atoms in total. The summed E-state index contributed by atoms with van der Waals surface area (Å²) in [7, 11) is 1.66. The van der Waals surface area contributed by atoms with Crippen molar-refractivity contribution in [2.45, 2.75) is 24.3 Å². The molecule has 0 saturated carbocycles. The zero-order valence-electron chi connectivity index (χ0n) is 12.1. The molecule has 106 valence electrons. The Morgan fingerprint density at radius 3 is 2.65 bits per heavy atom. The van der Waals surface area contributed by atoms with Gasteiger partial charge < -0.3 is 9.84 Å². The van der Waals surface area contributed by atoms with Crippen LogP contribution in [0, 0.1) is 6.92 Å². The molecule has 0 radical (unpaired) electrons. The van der Waals surface area contributed by atoms with Gasteiger partial charge in [-0.25, -0.2) is 0 Å². The van der Waals surface area contributed by atoms with Crippen LogP contribution in [0.5, 0.6) is 5.75 Å². The lowest BCUT2D eigenvalue weighted by atomic mass is 9.99. The normalized spacial score (nSPS) is 12.2. The quantitative estimate of drug-likeness (QED) is 0.843. The summed E-state index contributed by atoms with van der Waals surface area (Å²) < 4.78 is 5.38. The number of rotatable bonds is 5. The van der Waals surface area contributed by atoms with Crippen LogP contribution in [0.25, 0.3) is 0 Å². The van der Waals surface area contributed by atoms with Gasteiger partial charge >= 0.3 is 0 Å². The average Bonchev–Trinajstić information content (AvgIpc) is 2.47. The molecule has 0 aliphatic rings. The van der Waals surface area contributed by atoms with Gasteiger partial charge in [0.1, 0.15) is 5.75 Å². The number of benzene rings is 2. The first-order valence-electron chi connectivity index (χ1n) is 6.60. The molecule has 0 heterocycles. The van der Waals surface area contributed by atoms with Gasteiger partial charge in [-0.3, -0.25) is 0 Å². The van der Waals surface area contributed by atoms with Crippen LogP contribution in [0.1, 0.15) is 22.8 Å². The van der Waals surface area contributed by atoms with Crippen LogP contribution < -0.4 is 4.74 Å². The summed E-state index contributed by atoms with van der Waals surface area (Å²) in [4.78, 5) is 1.12.